The van der Waals surface area contributed by atoms with Crippen LogP contribution >= 0.6 is 11.6 Å². The molecule has 0 radical (unpaired) electrons. The van der Waals surface area contributed by atoms with Crippen LogP contribution in [0.5, 0.6) is 0 Å². The predicted molar refractivity (Wildman–Crippen MR) is 105 cm³/mol. The van der Waals surface area contributed by atoms with Crippen LogP contribution in [0.15, 0.2) is 29.3 Å². The minimum absolute atomic E-state index is 0.0224. The first-order valence-corrected chi connectivity index (χ1v) is 9.48. The summed E-state index contributed by atoms with van der Waals surface area (Å²) in [5.41, 5.74) is 5.40. The van der Waals surface area contributed by atoms with E-state index in [0.717, 1.165) is 19.2 Å². The molecule has 148 valence electrons. The van der Waals surface area contributed by atoms with Crippen LogP contribution < -0.4 is 16.1 Å². The van der Waals surface area contributed by atoms with Crippen molar-refractivity contribution in [2.75, 3.05) is 24.7 Å². The standard InChI is InChI=1S/C19H20ClFN4O3/c20-15-16-11(17(26)13(19(27)28)9-24(16)5-4-21)6-23-18(15)25-7-10-2-1-3-14(22)12(10)8-25/h1,3,6,9-10,12,14H,2,4-5,7-8,22H2,(H,27,28)/t10-,12+,14-/m0/s1. The minimum atomic E-state index is -1.37. The Labute approximate surface area is 165 Å². The summed E-state index contributed by atoms with van der Waals surface area (Å²) < 4.78 is 14.5. The third kappa shape index (κ3) is 2.97. The molecule has 2 aromatic heterocycles. The highest BCUT2D eigenvalue weighted by Crippen LogP contribution is 2.38. The Bertz CT molecular complexity index is 1040. The number of carbonyl (C=O) groups is 1. The number of aromatic nitrogens is 2. The molecule has 1 aliphatic carbocycles. The molecule has 2 aliphatic rings. The Hall–Kier alpha value is -2.45. The van der Waals surface area contributed by atoms with Crippen LogP contribution in [0.25, 0.3) is 10.9 Å². The average molecular weight is 407 g/mol. The maximum Gasteiger partial charge on any atom is 0.341 e. The maximum absolute atomic E-state index is 13.1. The van der Waals surface area contributed by atoms with Gasteiger partial charge in [-0.25, -0.2) is 14.2 Å². The van der Waals surface area contributed by atoms with Gasteiger partial charge in [-0.1, -0.05) is 23.8 Å². The molecule has 9 heteroatoms. The number of halogens is 2. The van der Waals surface area contributed by atoms with Gasteiger partial charge in [0.05, 0.1) is 17.4 Å². The lowest BCUT2D eigenvalue weighted by atomic mass is 9.83. The fraction of sp³-hybridized carbons (Fsp3) is 0.421. The molecule has 28 heavy (non-hydrogen) atoms. The van der Waals surface area contributed by atoms with Gasteiger partial charge in [0.2, 0.25) is 5.43 Å². The number of aromatic carboxylic acids is 1. The average Bonchev–Trinajstić information content (AvgIpc) is 3.09. The number of nitrogens with zero attached hydrogens (tertiary/aromatic N) is 3. The summed E-state index contributed by atoms with van der Waals surface area (Å²) in [7, 11) is 0. The van der Waals surface area contributed by atoms with Crippen molar-refractivity contribution in [1.82, 2.24) is 9.55 Å². The maximum atomic E-state index is 13.1. The van der Waals surface area contributed by atoms with E-state index in [-0.39, 0.29) is 23.0 Å². The number of anilines is 1. The summed E-state index contributed by atoms with van der Waals surface area (Å²) in [5, 5.41) is 9.56. The van der Waals surface area contributed by atoms with Gasteiger partial charge in [0.15, 0.2) is 0 Å². The van der Waals surface area contributed by atoms with Crippen molar-refractivity contribution in [2.45, 2.75) is 19.0 Å². The molecular formula is C19H20ClFN4O3. The summed E-state index contributed by atoms with van der Waals surface area (Å²) in [6.07, 6.45) is 7.53. The third-order valence-electron chi connectivity index (χ3n) is 5.68. The van der Waals surface area contributed by atoms with Crippen LogP contribution in [0, 0.1) is 11.8 Å². The van der Waals surface area contributed by atoms with E-state index < -0.39 is 23.6 Å². The monoisotopic (exact) mass is 406 g/mol. The lowest BCUT2D eigenvalue weighted by Gasteiger charge is -2.25. The van der Waals surface area contributed by atoms with Crippen molar-refractivity contribution < 1.29 is 14.3 Å². The number of hydrogen-bond donors (Lipinski definition) is 2. The Morgan fingerprint density at radius 3 is 2.89 bits per heavy atom. The van der Waals surface area contributed by atoms with E-state index in [9.17, 15) is 19.1 Å². The molecule has 3 N–H and O–H groups in total. The van der Waals surface area contributed by atoms with Crippen molar-refractivity contribution in [3.8, 4) is 0 Å². The number of allylic oxidation sites excluding steroid dienone is 1. The second-order valence-electron chi connectivity index (χ2n) is 7.29. The van der Waals surface area contributed by atoms with Gasteiger partial charge in [-0.2, -0.15) is 0 Å². The molecule has 1 aliphatic heterocycles. The topological polar surface area (TPSA) is 101 Å². The molecule has 1 fully saturated rings. The number of carboxylic acid groups (broad SMARTS) is 1. The normalized spacial score (nSPS) is 24.0. The highest BCUT2D eigenvalue weighted by molar-refractivity contribution is 6.37. The third-order valence-corrected chi connectivity index (χ3v) is 6.02. The van der Waals surface area contributed by atoms with E-state index in [1.54, 1.807) is 0 Å². The number of pyridine rings is 2. The first-order valence-electron chi connectivity index (χ1n) is 9.10. The first-order chi connectivity index (χ1) is 13.4. The molecule has 0 amide bonds. The van der Waals surface area contributed by atoms with Crippen LogP contribution in [0.4, 0.5) is 10.2 Å². The zero-order valence-electron chi connectivity index (χ0n) is 15.0. The Kier molecular flexibility index (Phi) is 4.84. The number of nitrogens with two attached hydrogens (primary N) is 1. The zero-order valence-corrected chi connectivity index (χ0v) is 15.8. The largest absolute Gasteiger partial charge is 0.477 e. The molecule has 0 unspecified atom stereocenters. The smallest absolute Gasteiger partial charge is 0.341 e. The first kappa shape index (κ1) is 18.9. The molecule has 0 spiro atoms. The van der Waals surface area contributed by atoms with Crippen LogP contribution in [0.1, 0.15) is 16.8 Å². The second kappa shape index (κ2) is 7.18. The molecule has 3 heterocycles. The number of carboxylic acids is 1. The van der Waals surface area contributed by atoms with Crippen LogP contribution in [0.2, 0.25) is 5.02 Å². The van der Waals surface area contributed by atoms with E-state index in [4.69, 9.17) is 17.3 Å². The van der Waals surface area contributed by atoms with Crippen LogP contribution in [0.3, 0.4) is 0 Å². The SMILES string of the molecule is N[C@H]1C=CC[C@H]2CN(c3ncc4c(=O)c(C(=O)O)cn(CCF)c4c3Cl)C[C@H]21. The van der Waals surface area contributed by atoms with Crippen molar-refractivity contribution in [3.05, 3.63) is 45.4 Å². The Morgan fingerprint density at radius 2 is 2.21 bits per heavy atom. The van der Waals surface area contributed by atoms with Gasteiger partial charge in [-0.3, -0.25) is 4.79 Å². The summed E-state index contributed by atoms with van der Waals surface area (Å²) in [4.78, 5) is 30.3. The van der Waals surface area contributed by atoms with E-state index >= 15 is 0 Å². The summed E-state index contributed by atoms with van der Waals surface area (Å²) in [5.74, 6) is -0.173. The van der Waals surface area contributed by atoms with Crippen LogP contribution in [-0.2, 0) is 6.54 Å². The molecule has 0 bridgehead atoms. The molecule has 1 saturated heterocycles. The quantitative estimate of drug-likeness (QED) is 0.753. The van der Waals surface area contributed by atoms with E-state index in [0.29, 0.717) is 29.7 Å². The molecule has 0 aromatic carbocycles. The van der Waals surface area contributed by atoms with Crippen molar-refractivity contribution in [2.24, 2.45) is 17.6 Å². The molecule has 0 saturated carbocycles. The zero-order chi connectivity index (χ0) is 20.0. The van der Waals surface area contributed by atoms with E-state index in [1.165, 1.54) is 10.8 Å². The van der Waals surface area contributed by atoms with Gasteiger partial charge in [-0.15, -0.1) is 0 Å². The summed E-state index contributed by atoms with van der Waals surface area (Å²) in [6.45, 7) is 0.593. The van der Waals surface area contributed by atoms with Crippen molar-refractivity contribution >= 4 is 34.3 Å². The fourth-order valence-corrected chi connectivity index (χ4v) is 4.67. The van der Waals surface area contributed by atoms with Gasteiger partial charge in [0.25, 0.3) is 0 Å². The molecule has 3 atom stereocenters. The number of alkyl halides is 1. The van der Waals surface area contributed by atoms with Gasteiger partial charge in [-0.05, 0) is 18.3 Å². The van der Waals surface area contributed by atoms with E-state index in [1.807, 2.05) is 11.0 Å². The highest BCUT2D eigenvalue weighted by Gasteiger charge is 2.38. The lowest BCUT2D eigenvalue weighted by Crippen LogP contribution is -2.35. The number of fused-ring (bicyclic) bond motifs is 2. The molecule has 7 nitrogen and oxygen atoms in total. The molecular weight excluding hydrogens is 387 g/mol. The molecule has 2 aromatic rings. The lowest BCUT2D eigenvalue weighted by molar-refractivity contribution is 0.0694. The van der Waals surface area contributed by atoms with Crippen LogP contribution in [-0.4, -0.2) is 46.4 Å². The number of rotatable bonds is 4. The second-order valence-corrected chi connectivity index (χ2v) is 7.67. The van der Waals surface area contributed by atoms with Gasteiger partial charge in [0.1, 0.15) is 23.1 Å². The predicted octanol–water partition coefficient (Wildman–Crippen LogP) is 2.06. The number of aryl methyl sites for hydroxylation is 1. The Morgan fingerprint density at radius 1 is 1.43 bits per heavy atom. The molecule has 4 rings (SSSR count). The van der Waals surface area contributed by atoms with Crippen molar-refractivity contribution in [3.63, 3.8) is 0 Å². The summed E-state index contributed by atoms with van der Waals surface area (Å²) in [6, 6.07) is -0.0224. The summed E-state index contributed by atoms with van der Waals surface area (Å²) >= 11 is 6.62. The van der Waals surface area contributed by atoms with Gasteiger partial charge >= 0.3 is 5.97 Å². The number of hydrogen-bond acceptors (Lipinski definition) is 5. The minimum Gasteiger partial charge on any atom is -0.477 e. The van der Waals surface area contributed by atoms with Gasteiger partial charge < -0.3 is 20.3 Å². The Balaban J connectivity index is 1.83. The van der Waals surface area contributed by atoms with Crippen molar-refractivity contribution in [1.29, 1.82) is 0 Å². The van der Waals surface area contributed by atoms with E-state index in [2.05, 4.69) is 11.1 Å². The highest BCUT2D eigenvalue weighted by atomic mass is 35.5. The fourth-order valence-electron chi connectivity index (χ4n) is 4.29. The van der Waals surface area contributed by atoms with Gasteiger partial charge in [0, 0.05) is 31.5 Å².